The molecule has 0 unspecified atom stereocenters. The van der Waals surface area contributed by atoms with Crippen LogP contribution in [0.25, 0.3) is 0 Å². The lowest BCUT2D eigenvalue weighted by Crippen LogP contribution is -2.33. The molecule has 6 nitrogen and oxygen atoms in total. The highest BCUT2D eigenvalue weighted by Crippen LogP contribution is 2.28. The van der Waals surface area contributed by atoms with E-state index in [0.717, 1.165) is 11.5 Å². The Morgan fingerprint density at radius 1 is 1.42 bits per heavy atom. The van der Waals surface area contributed by atoms with Crippen molar-refractivity contribution in [2.24, 2.45) is 0 Å². The summed E-state index contributed by atoms with van der Waals surface area (Å²) in [7, 11) is 0. The van der Waals surface area contributed by atoms with Crippen molar-refractivity contribution in [1.82, 2.24) is 4.37 Å². The summed E-state index contributed by atoms with van der Waals surface area (Å²) in [4.78, 5) is 11.8. The number of hydrogen-bond acceptors (Lipinski definition) is 7. The molecule has 0 atom stereocenters. The van der Waals surface area contributed by atoms with Gasteiger partial charge in [-0.15, -0.1) is 0 Å². The van der Waals surface area contributed by atoms with Crippen LogP contribution in [0.15, 0.2) is 0 Å². The highest BCUT2D eigenvalue weighted by atomic mass is 32.1. The zero-order valence-corrected chi connectivity index (χ0v) is 12.6. The van der Waals surface area contributed by atoms with Gasteiger partial charge in [-0.1, -0.05) is 0 Å². The van der Waals surface area contributed by atoms with E-state index in [1.165, 1.54) is 0 Å². The summed E-state index contributed by atoms with van der Waals surface area (Å²) >= 11 is 1.15. The molecular formula is C12H21N3O3S. The molecule has 0 saturated carbocycles. The smallest absolute Gasteiger partial charge is 0.344 e. The number of carbonyl (C=O) groups excluding carboxylic acids is 1. The number of aromatic nitrogens is 1. The maximum atomic E-state index is 11.8. The van der Waals surface area contributed by atoms with E-state index in [9.17, 15) is 4.79 Å². The fourth-order valence-electron chi connectivity index (χ4n) is 1.56. The summed E-state index contributed by atoms with van der Waals surface area (Å²) < 4.78 is 14.5. The fourth-order valence-corrected chi connectivity index (χ4v) is 2.26. The Kier molecular flexibility index (Phi) is 5.56. The Morgan fingerprint density at radius 2 is 2.11 bits per heavy atom. The summed E-state index contributed by atoms with van der Waals surface area (Å²) in [6.45, 7) is 9.11. The largest absolute Gasteiger partial charge is 0.462 e. The average molecular weight is 287 g/mol. The van der Waals surface area contributed by atoms with Gasteiger partial charge in [0.15, 0.2) is 5.82 Å². The Balaban J connectivity index is 2.77. The number of nitrogens with zero attached hydrogens (tertiary/aromatic N) is 1. The molecule has 7 heteroatoms. The number of esters is 1. The minimum atomic E-state index is -0.453. The molecule has 0 aliphatic carbocycles. The van der Waals surface area contributed by atoms with Gasteiger partial charge >= 0.3 is 5.97 Å². The van der Waals surface area contributed by atoms with E-state index in [1.54, 1.807) is 6.92 Å². The van der Waals surface area contributed by atoms with Crippen molar-refractivity contribution in [3.05, 3.63) is 5.56 Å². The first-order valence-corrected chi connectivity index (χ1v) is 6.98. The van der Waals surface area contributed by atoms with Gasteiger partial charge in [0, 0.05) is 13.2 Å². The average Bonchev–Trinajstić information content (AvgIpc) is 2.68. The van der Waals surface area contributed by atoms with Gasteiger partial charge in [-0.3, -0.25) is 0 Å². The van der Waals surface area contributed by atoms with E-state index in [0.29, 0.717) is 30.3 Å². The third-order valence-corrected chi connectivity index (χ3v) is 3.23. The predicted octanol–water partition coefficient (Wildman–Crippen LogP) is 2.13. The van der Waals surface area contributed by atoms with E-state index in [1.807, 2.05) is 20.8 Å². The van der Waals surface area contributed by atoms with Gasteiger partial charge in [-0.2, -0.15) is 4.37 Å². The lowest BCUT2D eigenvalue weighted by atomic mass is 10.1. The van der Waals surface area contributed by atoms with Crippen LogP contribution in [0.1, 0.15) is 38.1 Å². The number of nitrogen functional groups attached to an aromatic ring is 1. The first kappa shape index (κ1) is 15.7. The number of ether oxygens (including phenoxy) is 2. The molecule has 1 rings (SSSR count). The fraction of sp³-hybridized carbons (Fsp3) is 0.667. The van der Waals surface area contributed by atoms with Crippen LogP contribution >= 0.6 is 11.5 Å². The maximum absolute atomic E-state index is 11.8. The number of anilines is 2. The van der Waals surface area contributed by atoms with Crippen molar-refractivity contribution in [3.8, 4) is 0 Å². The predicted molar refractivity (Wildman–Crippen MR) is 76.7 cm³/mol. The molecule has 0 spiro atoms. The molecule has 0 aromatic carbocycles. The van der Waals surface area contributed by atoms with Crippen LogP contribution in [0.2, 0.25) is 0 Å². The summed E-state index contributed by atoms with van der Waals surface area (Å²) in [6, 6.07) is 0. The van der Waals surface area contributed by atoms with Crippen molar-refractivity contribution in [2.75, 3.05) is 30.8 Å². The Hall–Kier alpha value is -1.34. The monoisotopic (exact) mass is 287 g/mol. The van der Waals surface area contributed by atoms with E-state index >= 15 is 0 Å². The first-order chi connectivity index (χ1) is 8.91. The molecule has 3 N–H and O–H groups in total. The number of nitrogens with one attached hydrogen (secondary N) is 1. The van der Waals surface area contributed by atoms with E-state index in [2.05, 4.69) is 9.69 Å². The maximum Gasteiger partial charge on any atom is 0.344 e. The minimum absolute atomic E-state index is 0.195. The van der Waals surface area contributed by atoms with Crippen molar-refractivity contribution in [1.29, 1.82) is 0 Å². The molecule has 1 aromatic rings. The Morgan fingerprint density at radius 3 is 2.68 bits per heavy atom. The molecule has 0 radical (unpaired) electrons. The highest BCUT2D eigenvalue weighted by molar-refractivity contribution is 7.11. The van der Waals surface area contributed by atoms with Gasteiger partial charge < -0.3 is 20.5 Å². The van der Waals surface area contributed by atoms with Crippen molar-refractivity contribution in [3.63, 3.8) is 0 Å². The second-order valence-electron chi connectivity index (χ2n) is 4.54. The quantitative estimate of drug-likeness (QED) is 0.747. The summed E-state index contributed by atoms with van der Waals surface area (Å²) in [6.07, 6.45) is 0. The molecule has 0 aliphatic heterocycles. The van der Waals surface area contributed by atoms with Crippen molar-refractivity contribution < 1.29 is 14.3 Å². The van der Waals surface area contributed by atoms with Crippen LogP contribution in [-0.2, 0) is 9.47 Å². The lowest BCUT2D eigenvalue weighted by molar-refractivity contribution is 0.000697. The van der Waals surface area contributed by atoms with Gasteiger partial charge in [0.05, 0.1) is 12.2 Å². The molecule has 0 saturated heterocycles. The van der Waals surface area contributed by atoms with E-state index < -0.39 is 5.97 Å². The normalized spacial score (nSPS) is 11.4. The van der Waals surface area contributed by atoms with Crippen LogP contribution in [-0.4, -0.2) is 35.7 Å². The molecule has 0 fully saturated rings. The van der Waals surface area contributed by atoms with E-state index in [-0.39, 0.29) is 11.4 Å². The second-order valence-corrected chi connectivity index (χ2v) is 5.31. The van der Waals surface area contributed by atoms with Gasteiger partial charge in [-0.05, 0) is 39.2 Å². The lowest BCUT2D eigenvalue weighted by Gasteiger charge is -2.25. The third kappa shape index (κ3) is 4.36. The van der Waals surface area contributed by atoms with Gasteiger partial charge in [0.25, 0.3) is 0 Å². The van der Waals surface area contributed by atoms with E-state index in [4.69, 9.17) is 15.2 Å². The summed E-state index contributed by atoms with van der Waals surface area (Å²) in [5.41, 5.74) is 5.67. The number of hydrogen-bond donors (Lipinski definition) is 2. The number of nitrogens with two attached hydrogens (primary N) is 1. The number of carbonyl (C=O) groups is 1. The van der Waals surface area contributed by atoms with Crippen molar-refractivity contribution in [2.45, 2.75) is 33.3 Å². The summed E-state index contributed by atoms with van der Waals surface area (Å²) in [5, 5.41) is 3.76. The summed E-state index contributed by atoms with van der Waals surface area (Å²) in [5.74, 6) is -0.259. The minimum Gasteiger partial charge on any atom is -0.462 e. The molecule has 1 aromatic heterocycles. The molecule has 1 heterocycles. The SMILES string of the molecule is CCOC(=O)c1c(N)nsc1NCC(C)(C)OCC. The third-order valence-electron chi connectivity index (χ3n) is 2.41. The van der Waals surface area contributed by atoms with Crippen LogP contribution in [0, 0.1) is 0 Å². The van der Waals surface area contributed by atoms with Gasteiger partial charge in [0.2, 0.25) is 0 Å². The van der Waals surface area contributed by atoms with Gasteiger partial charge in [0.1, 0.15) is 10.6 Å². The first-order valence-electron chi connectivity index (χ1n) is 6.21. The molecule has 19 heavy (non-hydrogen) atoms. The molecule has 0 amide bonds. The van der Waals surface area contributed by atoms with Gasteiger partial charge in [-0.25, -0.2) is 4.79 Å². The molecular weight excluding hydrogens is 266 g/mol. The molecule has 0 bridgehead atoms. The van der Waals surface area contributed by atoms with Crippen LogP contribution < -0.4 is 11.1 Å². The van der Waals surface area contributed by atoms with Crippen LogP contribution in [0.4, 0.5) is 10.8 Å². The Labute approximate surface area is 117 Å². The molecule has 0 aliphatic rings. The number of rotatable bonds is 7. The van der Waals surface area contributed by atoms with Crippen molar-refractivity contribution >= 4 is 28.3 Å². The highest BCUT2D eigenvalue weighted by Gasteiger charge is 2.23. The topological polar surface area (TPSA) is 86.5 Å². The zero-order valence-electron chi connectivity index (χ0n) is 11.8. The standard InChI is InChI=1S/C12H21N3O3S/c1-5-17-11(16)8-9(13)15-19-10(8)14-7-12(3,4)18-6-2/h14H,5-7H2,1-4H3,(H2,13,15). The van der Waals surface area contributed by atoms with Crippen LogP contribution in [0.5, 0.6) is 0 Å². The zero-order chi connectivity index (χ0) is 14.5. The second kappa shape index (κ2) is 6.72. The Bertz CT molecular complexity index is 432. The molecule has 108 valence electrons. The van der Waals surface area contributed by atoms with Crippen LogP contribution in [0.3, 0.4) is 0 Å².